The van der Waals surface area contributed by atoms with Gasteiger partial charge in [0.05, 0.1) is 18.8 Å². The minimum absolute atomic E-state index is 0. The predicted octanol–water partition coefficient (Wildman–Crippen LogP) is 1.42. The zero-order valence-electron chi connectivity index (χ0n) is 8.59. The summed E-state index contributed by atoms with van der Waals surface area (Å²) < 4.78 is 9.46. The third kappa shape index (κ3) is 6.02. The molecule has 0 bridgehead atoms. The SMILES string of the molecule is CCOC(=O)/C(C)=C(\O)CCOC.[Cu]. The quantitative estimate of drug-likeness (QED) is 0.348. The number of methoxy groups -OCH3 is 1. The number of hydrogen-bond acceptors (Lipinski definition) is 4. The van der Waals surface area contributed by atoms with Gasteiger partial charge >= 0.3 is 5.97 Å². The van der Waals surface area contributed by atoms with Crippen molar-refractivity contribution in [3.05, 3.63) is 11.3 Å². The van der Waals surface area contributed by atoms with Crippen LogP contribution in [0.4, 0.5) is 0 Å². The molecular formula is C9H16CuO4. The Kier molecular flexibility index (Phi) is 10.3. The minimum Gasteiger partial charge on any atom is -0.512 e. The first-order valence-corrected chi connectivity index (χ1v) is 4.18. The molecule has 0 saturated carbocycles. The summed E-state index contributed by atoms with van der Waals surface area (Å²) in [5.41, 5.74) is 0.249. The summed E-state index contributed by atoms with van der Waals surface area (Å²) in [5, 5.41) is 9.34. The van der Waals surface area contributed by atoms with Crippen LogP contribution >= 0.6 is 0 Å². The molecule has 0 fully saturated rings. The molecule has 0 atom stereocenters. The van der Waals surface area contributed by atoms with Gasteiger partial charge in [-0.15, -0.1) is 0 Å². The maximum atomic E-state index is 11.1. The first-order chi connectivity index (χ1) is 6.13. The van der Waals surface area contributed by atoms with Crippen LogP contribution in [0.15, 0.2) is 11.3 Å². The Balaban J connectivity index is 0. The molecule has 0 unspecified atom stereocenters. The zero-order valence-corrected chi connectivity index (χ0v) is 9.54. The van der Waals surface area contributed by atoms with Gasteiger partial charge in [0.15, 0.2) is 0 Å². The molecule has 1 radical (unpaired) electrons. The fourth-order valence-electron chi connectivity index (χ4n) is 0.743. The molecule has 0 aromatic carbocycles. The van der Waals surface area contributed by atoms with Crippen LogP contribution in [-0.2, 0) is 31.3 Å². The second-order valence-corrected chi connectivity index (χ2v) is 2.53. The molecule has 0 saturated heterocycles. The van der Waals surface area contributed by atoms with E-state index in [1.807, 2.05) is 0 Å². The Hall–Kier alpha value is -0.511. The largest absolute Gasteiger partial charge is 0.512 e. The maximum absolute atomic E-state index is 11.1. The van der Waals surface area contributed by atoms with E-state index < -0.39 is 5.97 Å². The van der Waals surface area contributed by atoms with Crippen LogP contribution in [-0.4, -0.2) is 31.4 Å². The van der Waals surface area contributed by atoms with E-state index in [1.165, 1.54) is 14.0 Å². The first-order valence-electron chi connectivity index (χ1n) is 4.18. The van der Waals surface area contributed by atoms with Gasteiger partial charge in [-0.2, -0.15) is 0 Å². The number of ether oxygens (including phenoxy) is 2. The number of rotatable bonds is 5. The molecule has 0 aromatic heterocycles. The van der Waals surface area contributed by atoms with E-state index in [-0.39, 0.29) is 28.4 Å². The van der Waals surface area contributed by atoms with Gasteiger partial charge in [0, 0.05) is 30.6 Å². The molecule has 0 aliphatic carbocycles. The fourth-order valence-corrected chi connectivity index (χ4v) is 0.743. The minimum atomic E-state index is -0.476. The van der Waals surface area contributed by atoms with Gasteiger partial charge in [0.1, 0.15) is 5.76 Å². The number of hydrogen-bond donors (Lipinski definition) is 1. The molecule has 0 aromatic rings. The summed E-state index contributed by atoms with van der Waals surface area (Å²) in [7, 11) is 1.53. The van der Waals surface area contributed by atoms with Crippen LogP contribution in [0.5, 0.6) is 0 Å². The van der Waals surface area contributed by atoms with Crippen LogP contribution in [0.1, 0.15) is 20.3 Å². The van der Waals surface area contributed by atoms with Crippen molar-refractivity contribution >= 4 is 5.97 Å². The number of carbonyl (C=O) groups excluding carboxylic acids is 1. The molecule has 0 spiro atoms. The third-order valence-electron chi connectivity index (χ3n) is 1.56. The summed E-state index contributed by atoms with van der Waals surface area (Å²) >= 11 is 0. The summed E-state index contributed by atoms with van der Waals surface area (Å²) in [6.07, 6.45) is 0.334. The second-order valence-electron chi connectivity index (χ2n) is 2.53. The topological polar surface area (TPSA) is 55.8 Å². The molecule has 0 heterocycles. The average Bonchev–Trinajstić information content (AvgIpc) is 2.13. The molecule has 14 heavy (non-hydrogen) atoms. The van der Waals surface area contributed by atoms with Gasteiger partial charge in [0.2, 0.25) is 0 Å². The van der Waals surface area contributed by atoms with Gasteiger partial charge in [-0.05, 0) is 13.8 Å². The standard InChI is InChI=1S/C9H16O4.Cu/c1-4-13-9(11)7(2)8(10)5-6-12-3;/h10H,4-6H2,1-3H3;/b8-7-;. The van der Waals surface area contributed by atoms with Crippen LogP contribution in [0, 0.1) is 0 Å². The van der Waals surface area contributed by atoms with Crippen LogP contribution in [0.2, 0.25) is 0 Å². The van der Waals surface area contributed by atoms with Gasteiger partial charge in [-0.3, -0.25) is 0 Å². The van der Waals surface area contributed by atoms with E-state index in [0.29, 0.717) is 19.6 Å². The van der Waals surface area contributed by atoms with Crippen LogP contribution in [0.3, 0.4) is 0 Å². The summed E-state index contributed by atoms with van der Waals surface area (Å²) in [6, 6.07) is 0. The monoisotopic (exact) mass is 251 g/mol. The second kappa shape index (κ2) is 9.06. The summed E-state index contributed by atoms with van der Waals surface area (Å²) in [4.78, 5) is 11.1. The maximum Gasteiger partial charge on any atom is 0.337 e. The Labute approximate surface area is 94.7 Å². The van der Waals surface area contributed by atoms with E-state index in [0.717, 1.165) is 0 Å². The van der Waals surface area contributed by atoms with E-state index in [2.05, 4.69) is 0 Å². The van der Waals surface area contributed by atoms with Crippen molar-refractivity contribution in [1.82, 2.24) is 0 Å². The molecule has 0 aliphatic rings. The van der Waals surface area contributed by atoms with Crippen molar-refractivity contribution in [3.8, 4) is 0 Å². The van der Waals surface area contributed by atoms with Crippen molar-refractivity contribution in [1.29, 1.82) is 0 Å². The van der Waals surface area contributed by atoms with Crippen molar-refractivity contribution < 1.29 is 36.4 Å². The van der Waals surface area contributed by atoms with Crippen molar-refractivity contribution in [2.24, 2.45) is 0 Å². The summed E-state index contributed by atoms with van der Waals surface area (Å²) in [6.45, 7) is 3.96. The predicted molar refractivity (Wildman–Crippen MR) is 48.5 cm³/mol. The molecule has 1 N–H and O–H groups in total. The van der Waals surface area contributed by atoms with E-state index in [1.54, 1.807) is 6.92 Å². The van der Waals surface area contributed by atoms with Crippen molar-refractivity contribution in [3.63, 3.8) is 0 Å². The van der Waals surface area contributed by atoms with Crippen LogP contribution in [0.25, 0.3) is 0 Å². The Morgan fingerprint density at radius 1 is 1.43 bits per heavy atom. The zero-order chi connectivity index (χ0) is 10.3. The van der Waals surface area contributed by atoms with E-state index in [4.69, 9.17) is 9.47 Å². The number of aliphatic hydroxyl groups excluding tert-OH is 1. The number of carbonyl (C=O) groups is 1. The van der Waals surface area contributed by atoms with Gasteiger partial charge in [-0.25, -0.2) is 4.79 Å². The van der Waals surface area contributed by atoms with Crippen molar-refractivity contribution in [2.75, 3.05) is 20.3 Å². The van der Waals surface area contributed by atoms with Crippen molar-refractivity contribution in [2.45, 2.75) is 20.3 Å². The molecule has 4 nitrogen and oxygen atoms in total. The molecular weight excluding hydrogens is 236 g/mol. The molecule has 5 heteroatoms. The number of aliphatic hydroxyl groups is 1. The Morgan fingerprint density at radius 3 is 2.43 bits per heavy atom. The molecule has 0 amide bonds. The smallest absolute Gasteiger partial charge is 0.337 e. The third-order valence-corrected chi connectivity index (χ3v) is 1.56. The summed E-state index contributed by atoms with van der Waals surface area (Å²) in [5.74, 6) is -0.448. The molecule has 87 valence electrons. The molecule has 0 rings (SSSR count). The number of esters is 1. The normalized spacial score (nSPS) is 11.4. The Bertz CT molecular complexity index is 201. The fraction of sp³-hybridized carbons (Fsp3) is 0.667. The average molecular weight is 252 g/mol. The Morgan fingerprint density at radius 2 is 2.00 bits per heavy atom. The molecule has 0 aliphatic heterocycles. The van der Waals surface area contributed by atoms with Gasteiger partial charge < -0.3 is 14.6 Å². The van der Waals surface area contributed by atoms with Crippen LogP contribution < -0.4 is 0 Å². The van der Waals surface area contributed by atoms with E-state index in [9.17, 15) is 9.90 Å². The van der Waals surface area contributed by atoms with E-state index >= 15 is 0 Å². The van der Waals surface area contributed by atoms with Gasteiger partial charge in [-0.1, -0.05) is 0 Å². The first kappa shape index (κ1) is 15.9. The van der Waals surface area contributed by atoms with Gasteiger partial charge in [0.25, 0.3) is 0 Å².